The zero-order chi connectivity index (χ0) is 37.2. The minimum absolute atomic E-state index is 0.0307. The van der Waals surface area contributed by atoms with E-state index in [0.717, 1.165) is 6.61 Å². The molecule has 14 nitrogen and oxygen atoms in total. The van der Waals surface area contributed by atoms with Gasteiger partial charge in [-0.15, -0.1) is 5.10 Å². The van der Waals surface area contributed by atoms with E-state index in [4.69, 9.17) is 38.8 Å². The minimum Gasteiger partial charge on any atom is -0.462 e. The first kappa shape index (κ1) is 51.3. The van der Waals surface area contributed by atoms with E-state index in [1.54, 1.807) is 38.2 Å². The van der Waals surface area contributed by atoms with E-state index >= 15 is 0 Å². The number of hydrogen-bond donors (Lipinski definition) is 3. The Bertz CT molecular complexity index is 862. The molecule has 15 heteroatoms. The minimum atomic E-state index is -2.22. The Morgan fingerprint density at radius 3 is 1.52 bits per heavy atom. The lowest BCUT2D eigenvalue weighted by molar-refractivity contribution is -0.164. The van der Waals surface area contributed by atoms with Crippen LogP contribution in [-0.2, 0) is 32.8 Å². The second-order valence-electron chi connectivity index (χ2n) is 13.5. The number of tetrazole rings is 1. The third-order valence-corrected chi connectivity index (χ3v) is 5.41. The monoisotopic (exact) mass is 688 g/mol. The van der Waals surface area contributed by atoms with Crippen LogP contribution in [0.3, 0.4) is 0 Å². The quantitative estimate of drug-likeness (QED) is 0.146. The molecule has 0 spiro atoms. The van der Waals surface area contributed by atoms with Crippen molar-refractivity contribution in [2.45, 2.75) is 126 Å². The van der Waals surface area contributed by atoms with Crippen LogP contribution < -0.4 is 0 Å². The van der Waals surface area contributed by atoms with Crippen molar-refractivity contribution >= 4 is 13.3 Å². The summed E-state index contributed by atoms with van der Waals surface area (Å²) < 4.78 is 38.0. The summed E-state index contributed by atoms with van der Waals surface area (Å²) in [5.74, 6) is -0.567. The smallest absolute Gasteiger partial charge is 0.316 e. The number of rotatable bonds is 13. The van der Waals surface area contributed by atoms with Crippen LogP contribution in [-0.4, -0.2) is 124 Å². The number of esters is 1. The molecule has 0 bridgehead atoms. The van der Waals surface area contributed by atoms with Gasteiger partial charge in [-0.25, -0.2) is 4.68 Å². The highest BCUT2D eigenvalue weighted by Gasteiger charge is 2.34. The number of carbonyl (C=O) groups excluding carboxylic acids is 1. The largest absolute Gasteiger partial charge is 0.462 e. The van der Waals surface area contributed by atoms with Gasteiger partial charge in [-0.3, -0.25) is 9.36 Å². The lowest BCUT2D eigenvalue weighted by Gasteiger charge is -2.23. The van der Waals surface area contributed by atoms with Gasteiger partial charge in [0.15, 0.2) is 7.37 Å². The molecule has 1 heterocycles. The van der Waals surface area contributed by atoms with Crippen molar-refractivity contribution in [3.8, 4) is 0 Å². The predicted octanol–water partition coefficient (Wildman–Crippen LogP) is 4.76. The molecule has 278 valence electrons. The van der Waals surface area contributed by atoms with Crippen LogP contribution in [0.5, 0.6) is 0 Å². The van der Waals surface area contributed by atoms with Gasteiger partial charge in [-0.05, 0) is 107 Å². The molecule has 0 amide bonds. The summed E-state index contributed by atoms with van der Waals surface area (Å²) in [6, 6.07) is 0.366. The van der Waals surface area contributed by atoms with Gasteiger partial charge in [-0.1, -0.05) is 0 Å². The summed E-state index contributed by atoms with van der Waals surface area (Å²) in [5, 5.41) is 36.5. The van der Waals surface area contributed by atoms with Gasteiger partial charge in [0, 0.05) is 26.0 Å². The van der Waals surface area contributed by atoms with Crippen LogP contribution in [0.4, 0.5) is 0 Å². The van der Waals surface area contributed by atoms with Crippen molar-refractivity contribution in [1.82, 2.24) is 20.2 Å². The van der Waals surface area contributed by atoms with Gasteiger partial charge in [0.25, 0.3) is 0 Å². The molecule has 0 unspecified atom stereocenters. The van der Waals surface area contributed by atoms with Crippen molar-refractivity contribution in [2.75, 3.05) is 59.6 Å². The van der Waals surface area contributed by atoms with Gasteiger partial charge in [0.2, 0.25) is 0 Å². The molecule has 1 aromatic heterocycles. The fourth-order valence-electron chi connectivity index (χ4n) is 2.35. The standard InChI is InChI=1S/C8H16O4.C8H18O2.C6H14O2.C5H13O2P.C4H8N4/c1-6(2)12-7(11)8(3,4-9)5-10;1-5-9-6-7-10-8(2,3)4;1-6(2,3)8-5-4-7;1-5(2)7-8(3,4)6;1-4(2)8-3-5-6-7-8/h6,9-10H,4-5H2,1-3H3;5-7H2,1-4H3;7H,4-5H2,1-3H3;5H,1-4H3;3-4H,1-2H3. The number of aromatic nitrogens is 4. The first-order chi connectivity index (χ1) is 20.8. The third-order valence-electron chi connectivity index (χ3n) is 4.49. The van der Waals surface area contributed by atoms with Crippen molar-refractivity contribution < 1.29 is 48.2 Å². The van der Waals surface area contributed by atoms with Crippen LogP contribution in [0.25, 0.3) is 0 Å². The fraction of sp³-hybridized carbons (Fsp3) is 0.935. The molecular formula is C31H69N4O10P. The number of hydrogen-bond acceptors (Lipinski definition) is 13. The van der Waals surface area contributed by atoms with Gasteiger partial charge < -0.3 is 38.8 Å². The zero-order valence-electron chi connectivity index (χ0n) is 31.7. The number of aliphatic hydroxyl groups excluding tert-OH is 3. The highest BCUT2D eigenvalue weighted by Crippen LogP contribution is 2.38. The molecule has 0 aliphatic rings. The molecule has 0 radical (unpaired) electrons. The van der Waals surface area contributed by atoms with Crippen molar-refractivity contribution in [3.63, 3.8) is 0 Å². The summed E-state index contributed by atoms with van der Waals surface area (Å²) in [7, 11) is -2.22. The van der Waals surface area contributed by atoms with E-state index in [0.29, 0.717) is 25.9 Å². The van der Waals surface area contributed by atoms with Crippen LogP contribution in [0.2, 0.25) is 0 Å². The van der Waals surface area contributed by atoms with E-state index in [1.165, 1.54) is 6.92 Å². The number of nitrogens with zero attached hydrogens (tertiary/aromatic N) is 4. The molecule has 0 aliphatic heterocycles. The van der Waals surface area contributed by atoms with Crippen molar-refractivity contribution in [1.29, 1.82) is 0 Å². The molecular weight excluding hydrogens is 619 g/mol. The van der Waals surface area contributed by atoms with Gasteiger partial charge >= 0.3 is 5.97 Å². The first-order valence-electron chi connectivity index (χ1n) is 15.7. The van der Waals surface area contributed by atoms with Gasteiger partial charge in [0.1, 0.15) is 11.7 Å². The molecule has 0 fully saturated rings. The van der Waals surface area contributed by atoms with E-state index < -0.39 is 32.0 Å². The molecule has 0 atom stereocenters. The number of aliphatic hydroxyl groups is 3. The molecule has 3 N–H and O–H groups in total. The second kappa shape index (κ2) is 27.4. The fourth-order valence-corrected chi connectivity index (χ4v) is 3.37. The summed E-state index contributed by atoms with van der Waals surface area (Å²) >= 11 is 0. The van der Waals surface area contributed by atoms with Crippen molar-refractivity contribution in [3.05, 3.63) is 6.33 Å². The average molecular weight is 689 g/mol. The Morgan fingerprint density at radius 2 is 1.30 bits per heavy atom. The van der Waals surface area contributed by atoms with E-state index in [-0.39, 0.29) is 30.0 Å². The van der Waals surface area contributed by atoms with Crippen LogP contribution in [0, 0.1) is 5.41 Å². The Morgan fingerprint density at radius 1 is 0.826 bits per heavy atom. The average Bonchev–Trinajstić information content (AvgIpc) is 3.44. The molecule has 0 aromatic carbocycles. The van der Waals surface area contributed by atoms with Crippen LogP contribution >= 0.6 is 7.37 Å². The summed E-state index contributed by atoms with van der Waals surface area (Å²) in [6.45, 7) is 31.8. The molecule has 0 saturated carbocycles. The maximum absolute atomic E-state index is 11.2. The Labute approximate surface area is 279 Å². The van der Waals surface area contributed by atoms with Crippen molar-refractivity contribution in [2.24, 2.45) is 5.41 Å². The third kappa shape index (κ3) is 40.5. The lowest BCUT2D eigenvalue weighted by atomic mass is 9.93. The van der Waals surface area contributed by atoms with Crippen LogP contribution in [0.1, 0.15) is 103 Å². The Balaban J connectivity index is -0.000000242. The molecule has 1 aromatic rings. The number of ether oxygens (including phenoxy) is 4. The van der Waals surface area contributed by atoms with E-state index in [2.05, 4.69) is 15.5 Å². The van der Waals surface area contributed by atoms with Gasteiger partial charge in [0.05, 0.1) is 63.1 Å². The van der Waals surface area contributed by atoms with Crippen LogP contribution in [0.15, 0.2) is 6.33 Å². The maximum atomic E-state index is 11.2. The highest BCUT2D eigenvalue weighted by atomic mass is 31.2. The molecule has 0 aliphatic carbocycles. The highest BCUT2D eigenvalue weighted by molar-refractivity contribution is 7.57. The molecule has 0 saturated heterocycles. The summed E-state index contributed by atoms with van der Waals surface area (Å²) in [5.41, 5.74) is -1.32. The Kier molecular flexibility index (Phi) is 30.6. The number of carbonyl (C=O) groups is 1. The van der Waals surface area contributed by atoms with Gasteiger partial charge in [-0.2, -0.15) is 0 Å². The predicted molar refractivity (Wildman–Crippen MR) is 182 cm³/mol. The first-order valence-corrected chi connectivity index (χ1v) is 18.2. The second-order valence-corrected chi connectivity index (χ2v) is 16.2. The maximum Gasteiger partial charge on any atom is 0.316 e. The normalized spacial score (nSPS) is 11.8. The topological polar surface area (TPSA) is 185 Å². The van der Waals surface area contributed by atoms with E-state index in [1.807, 2.05) is 76.2 Å². The summed E-state index contributed by atoms with van der Waals surface area (Å²) in [4.78, 5) is 11.2. The SMILES string of the molecule is CC(C)(C)OCCO.CC(C)OC(=O)C(C)(CO)CO.CC(C)OP(C)(C)=O.CC(C)n1cnnn1.CCOCCOC(C)(C)C. The zero-order valence-corrected chi connectivity index (χ0v) is 32.6. The summed E-state index contributed by atoms with van der Waals surface area (Å²) in [6.07, 6.45) is 1.45. The molecule has 46 heavy (non-hydrogen) atoms. The lowest BCUT2D eigenvalue weighted by Crippen LogP contribution is -2.38. The molecule has 1 rings (SSSR count). The van der Waals surface area contributed by atoms with E-state index in [9.17, 15) is 9.36 Å². The Hall–Kier alpha value is -1.51.